The zero-order chi connectivity index (χ0) is 27.2. The lowest BCUT2D eigenvalue weighted by Gasteiger charge is -2.14. The Labute approximate surface area is 237 Å². The number of amides is 1. The Balaban J connectivity index is 1.36. The van der Waals surface area contributed by atoms with Crippen LogP contribution in [0.3, 0.4) is 0 Å². The van der Waals surface area contributed by atoms with Gasteiger partial charge in [0.2, 0.25) is 0 Å². The van der Waals surface area contributed by atoms with E-state index in [9.17, 15) is 4.79 Å². The molecule has 5 aromatic rings. The van der Waals surface area contributed by atoms with Crippen molar-refractivity contribution in [3.63, 3.8) is 0 Å². The quantitative estimate of drug-likeness (QED) is 0.196. The summed E-state index contributed by atoms with van der Waals surface area (Å²) in [7, 11) is 1.66. The fourth-order valence-corrected chi connectivity index (χ4v) is 5.26. The highest BCUT2D eigenvalue weighted by Gasteiger charge is 2.18. The molecule has 5 rings (SSSR count). The van der Waals surface area contributed by atoms with Crippen molar-refractivity contribution in [3.05, 3.63) is 125 Å². The number of aryl methyl sites for hydroxylation is 1. The average Bonchev–Trinajstić information content (AvgIpc) is 3.39. The molecular formula is C31H27ClN4O2S. The van der Waals surface area contributed by atoms with Crippen LogP contribution >= 0.6 is 23.4 Å². The van der Waals surface area contributed by atoms with E-state index in [1.807, 2.05) is 109 Å². The van der Waals surface area contributed by atoms with Crippen LogP contribution in [0, 0.1) is 6.92 Å². The molecule has 6 nitrogen and oxygen atoms in total. The second-order valence-electron chi connectivity index (χ2n) is 8.93. The molecule has 1 heterocycles. The maximum atomic E-state index is 13.0. The number of nitrogens with one attached hydrogen (secondary N) is 1. The van der Waals surface area contributed by atoms with Gasteiger partial charge >= 0.3 is 0 Å². The fraction of sp³-hybridized carbons (Fsp3) is 0.129. The van der Waals surface area contributed by atoms with Crippen molar-refractivity contribution >= 4 is 29.3 Å². The summed E-state index contributed by atoms with van der Waals surface area (Å²) in [4.78, 5) is 13.0. The minimum Gasteiger partial charge on any atom is -0.497 e. The second-order valence-corrected chi connectivity index (χ2v) is 10.3. The molecule has 0 aliphatic carbocycles. The third-order valence-electron chi connectivity index (χ3n) is 6.28. The van der Waals surface area contributed by atoms with Crippen LogP contribution in [0.5, 0.6) is 5.75 Å². The molecule has 0 bridgehead atoms. The van der Waals surface area contributed by atoms with Crippen LogP contribution in [0.4, 0.5) is 0 Å². The number of hydrogen-bond donors (Lipinski definition) is 1. The van der Waals surface area contributed by atoms with Crippen molar-refractivity contribution in [2.24, 2.45) is 0 Å². The lowest BCUT2D eigenvalue weighted by atomic mass is 10.0. The van der Waals surface area contributed by atoms with Gasteiger partial charge in [0.1, 0.15) is 5.75 Å². The van der Waals surface area contributed by atoms with Crippen LogP contribution in [0.25, 0.3) is 16.8 Å². The number of rotatable bonds is 9. The summed E-state index contributed by atoms with van der Waals surface area (Å²) in [6.07, 6.45) is 0. The van der Waals surface area contributed by atoms with E-state index < -0.39 is 0 Å². The molecule has 0 spiro atoms. The minimum absolute atomic E-state index is 0.183. The van der Waals surface area contributed by atoms with E-state index in [1.165, 1.54) is 0 Å². The topological polar surface area (TPSA) is 69.0 Å². The van der Waals surface area contributed by atoms with Gasteiger partial charge in [0.15, 0.2) is 11.0 Å². The Morgan fingerprint density at radius 3 is 2.46 bits per heavy atom. The first-order valence-corrected chi connectivity index (χ1v) is 13.8. The second kappa shape index (κ2) is 12.2. The van der Waals surface area contributed by atoms with Crippen molar-refractivity contribution < 1.29 is 9.53 Å². The van der Waals surface area contributed by atoms with Gasteiger partial charge in [-0.05, 0) is 65.6 Å². The predicted octanol–water partition coefficient (Wildman–Crippen LogP) is 7.13. The molecule has 1 N–H and O–H groups in total. The Hall–Kier alpha value is -4.07. The van der Waals surface area contributed by atoms with E-state index >= 15 is 0 Å². The number of ether oxygens (including phenoxy) is 1. The number of methoxy groups -OCH3 is 1. The molecule has 196 valence electrons. The van der Waals surface area contributed by atoms with Crippen LogP contribution in [0.15, 0.2) is 102 Å². The van der Waals surface area contributed by atoms with Crippen LogP contribution in [-0.2, 0) is 12.3 Å². The average molecular weight is 555 g/mol. The lowest BCUT2D eigenvalue weighted by Crippen LogP contribution is -2.24. The van der Waals surface area contributed by atoms with E-state index in [0.29, 0.717) is 27.3 Å². The van der Waals surface area contributed by atoms with Crippen LogP contribution < -0.4 is 10.1 Å². The normalized spacial score (nSPS) is 10.8. The van der Waals surface area contributed by atoms with Gasteiger partial charge in [0.05, 0.1) is 19.3 Å². The molecule has 0 unspecified atom stereocenters. The van der Waals surface area contributed by atoms with Crippen LogP contribution in [0.1, 0.15) is 27.3 Å². The summed E-state index contributed by atoms with van der Waals surface area (Å²) in [5.41, 5.74) is 5.73. The lowest BCUT2D eigenvalue weighted by molar-refractivity contribution is 0.0949. The van der Waals surface area contributed by atoms with Gasteiger partial charge in [-0.25, -0.2) is 0 Å². The smallest absolute Gasteiger partial charge is 0.251 e. The van der Waals surface area contributed by atoms with E-state index in [0.717, 1.165) is 33.7 Å². The summed E-state index contributed by atoms with van der Waals surface area (Å²) < 4.78 is 7.32. The highest BCUT2D eigenvalue weighted by atomic mass is 35.5. The maximum Gasteiger partial charge on any atom is 0.251 e. The largest absolute Gasteiger partial charge is 0.497 e. The molecule has 0 saturated heterocycles. The number of thioether (sulfide) groups is 1. The Bertz CT molecular complexity index is 1590. The highest BCUT2D eigenvalue weighted by Crippen LogP contribution is 2.29. The predicted molar refractivity (Wildman–Crippen MR) is 157 cm³/mol. The number of nitrogens with zero attached hydrogens (tertiary/aromatic N) is 3. The number of carbonyl (C=O) groups is 1. The molecule has 0 saturated carbocycles. The molecule has 8 heteroatoms. The Morgan fingerprint density at radius 2 is 1.69 bits per heavy atom. The third-order valence-corrected chi connectivity index (χ3v) is 7.51. The first kappa shape index (κ1) is 26.5. The first-order valence-electron chi connectivity index (χ1n) is 12.4. The fourth-order valence-electron chi connectivity index (χ4n) is 4.19. The molecule has 0 radical (unpaired) electrons. The van der Waals surface area contributed by atoms with Gasteiger partial charge in [-0.3, -0.25) is 9.36 Å². The van der Waals surface area contributed by atoms with Gasteiger partial charge < -0.3 is 10.1 Å². The molecule has 1 aromatic heterocycles. The highest BCUT2D eigenvalue weighted by molar-refractivity contribution is 7.98. The molecule has 4 aromatic carbocycles. The Morgan fingerprint density at radius 1 is 0.923 bits per heavy atom. The molecular weight excluding hydrogens is 528 g/mol. The summed E-state index contributed by atoms with van der Waals surface area (Å²) >= 11 is 7.92. The van der Waals surface area contributed by atoms with E-state index in [2.05, 4.69) is 15.5 Å². The number of benzene rings is 4. The molecule has 39 heavy (non-hydrogen) atoms. The van der Waals surface area contributed by atoms with Gasteiger partial charge in [-0.15, -0.1) is 10.2 Å². The summed E-state index contributed by atoms with van der Waals surface area (Å²) in [6.45, 7) is 2.22. The molecule has 0 aliphatic rings. The first-order chi connectivity index (χ1) is 19.0. The number of carbonyl (C=O) groups excluding carboxylic acids is 1. The monoisotopic (exact) mass is 554 g/mol. The molecule has 0 aliphatic heterocycles. The standard InChI is InChI=1S/C31H27ClN4O2S/c1-21-11-16-26(32)18-28(21)36-29(34-35-31(36)39-20-22-7-6-10-27(17-22)38-2)19-33-30(37)25-14-12-24(13-15-25)23-8-4-3-5-9-23/h3-18H,19-20H2,1-2H3,(H,33,37). The summed E-state index contributed by atoms with van der Waals surface area (Å²) in [5, 5.41) is 13.2. The summed E-state index contributed by atoms with van der Waals surface area (Å²) in [5.74, 6) is 1.91. The van der Waals surface area contributed by atoms with Gasteiger partial charge in [0.25, 0.3) is 5.91 Å². The zero-order valence-electron chi connectivity index (χ0n) is 21.6. The summed E-state index contributed by atoms with van der Waals surface area (Å²) in [6, 6.07) is 31.3. The number of halogens is 1. The number of aromatic nitrogens is 3. The van der Waals surface area contributed by atoms with E-state index in [-0.39, 0.29) is 12.5 Å². The zero-order valence-corrected chi connectivity index (χ0v) is 23.2. The van der Waals surface area contributed by atoms with Crippen molar-refractivity contribution in [3.8, 4) is 22.6 Å². The SMILES string of the molecule is COc1cccc(CSc2nnc(CNC(=O)c3ccc(-c4ccccc4)cc3)n2-c2cc(Cl)ccc2C)c1. The van der Waals surface area contributed by atoms with Crippen LogP contribution in [0.2, 0.25) is 5.02 Å². The van der Waals surface area contributed by atoms with Crippen molar-refractivity contribution in [2.75, 3.05) is 7.11 Å². The maximum absolute atomic E-state index is 13.0. The van der Waals surface area contributed by atoms with Crippen molar-refractivity contribution in [2.45, 2.75) is 24.4 Å². The van der Waals surface area contributed by atoms with Crippen molar-refractivity contribution in [1.29, 1.82) is 0 Å². The van der Waals surface area contributed by atoms with E-state index in [4.69, 9.17) is 16.3 Å². The van der Waals surface area contributed by atoms with Crippen molar-refractivity contribution in [1.82, 2.24) is 20.1 Å². The minimum atomic E-state index is -0.183. The molecule has 0 fully saturated rings. The number of hydrogen-bond acceptors (Lipinski definition) is 5. The van der Waals surface area contributed by atoms with Gasteiger partial charge in [-0.2, -0.15) is 0 Å². The van der Waals surface area contributed by atoms with E-state index in [1.54, 1.807) is 18.9 Å². The molecule has 0 atom stereocenters. The van der Waals surface area contributed by atoms with Gasteiger partial charge in [0, 0.05) is 16.3 Å². The Kier molecular flexibility index (Phi) is 8.30. The van der Waals surface area contributed by atoms with Crippen LogP contribution in [-0.4, -0.2) is 27.8 Å². The van der Waals surface area contributed by atoms with Gasteiger partial charge in [-0.1, -0.05) is 84.0 Å². The third kappa shape index (κ3) is 6.33. The molecule has 1 amide bonds.